The second-order valence-electron chi connectivity index (χ2n) is 7.85. The van der Waals surface area contributed by atoms with Crippen LogP contribution < -0.4 is 9.46 Å². The number of halogens is 2. The molecule has 2 aromatic carbocycles. The third kappa shape index (κ3) is 6.82. The average molecular weight is 498 g/mol. The molecular weight excluding hydrogens is 473 g/mol. The predicted octanol–water partition coefficient (Wildman–Crippen LogP) is 2.99. The Hall–Kier alpha value is -2.85. The summed E-state index contributed by atoms with van der Waals surface area (Å²) in [4.78, 5) is 28.1. The summed E-state index contributed by atoms with van der Waals surface area (Å²) in [5, 5.41) is 0.0134. The van der Waals surface area contributed by atoms with E-state index in [1.54, 1.807) is 24.3 Å². The molecule has 178 valence electrons. The van der Waals surface area contributed by atoms with E-state index in [-0.39, 0.29) is 48.8 Å². The van der Waals surface area contributed by atoms with Gasteiger partial charge in [-0.1, -0.05) is 11.6 Å². The molecule has 0 bridgehead atoms. The fraction of sp³-hybridized carbons (Fsp3) is 0.364. The third-order valence-electron chi connectivity index (χ3n) is 4.89. The number of piperazine rings is 1. The van der Waals surface area contributed by atoms with Crippen LogP contribution in [-0.2, 0) is 14.8 Å². The fourth-order valence-corrected chi connectivity index (χ4v) is 4.66. The van der Waals surface area contributed by atoms with E-state index < -0.39 is 27.5 Å². The van der Waals surface area contributed by atoms with Crippen LogP contribution in [0.25, 0.3) is 0 Å². The van der Waals surface area contributed by atoms with Gasteiger partial charge in [-0.25, -0.2) is 12.8 Å². The van der Waals surface area contributed by atoms with Gasteiger partial charge in [-0.3, -0.25) is 14.3 Å². The molecule has 1 N–H and O–H groups in total. The molecule has 0 atom stereocenters. The first-order chi connectivity index (χ1) is 15.5. The van der Waals surface area contributed by atoms with Crippen molar-refractivity contribution in [3.63, 3.8) is 0 Å². The molecule has 1 aliphatic heterocycles. The summed E-state index contributed by atoms with van der Waals surface area (Å²) in [5.74, 6) is -1.57. The molecule has 8 nitrogen and oxygen atoms in total. The van der Waals surface area contributed by atoms with Gasteiger partial charge in [-0.2, -0.15) is 0 Å². The van der Waals surface area contributed by atoms with Crippen molar-refractivity contribution in [2.75, 3.05) is 36.7 Å². The Morgan fingerprint density at radius 1 is 1.06 bits per heavy atom. The highest BCUT2D eigenvalue weighted by Gasteiger charge is 2.28. The summed E-state index contributed by atoms with van der Waals surface area (Å²) in [7, 11) is -3.92. The minimum Gasteiger partial charge on any atom is -0.491 e. The maximum absolute atomic E-state index is 13.2. The van der Waals surface area contributed by atoms with E-state index in [4.69, 9.17) is 16.3 Å². The second kappa shape index (κ2) is 10.4. The van der Waals surface area contributed by atoms with Crippen molar-refractivity contribution in [1.29, 1.82) is 0 Å². The third-order valence-corrected chi connectivity index (χ3v) is 6.38. The monoisotopic (exact) mass is 497 g/mol. The Morgan fingerprint density at radius 3 is 2.24 bits per heavy atom. The number of anilines is 1. The molecular formula is C22H25ClFN3O5S. The van der Waals surface area contributed by atoms with Gasteiger partial charge in [-0.15, -0.1) is 0 Å². The van der Waals surface area contributed by atoms with Crippen molar-refractivity contribution in [2.45, 2.75) is 20.0 Å². The van der Waals surface area contributed by atoms with Crippen LogP contribution in [0.1, 0.15) is 24.2 Å². The Bertz CT molecular complexity index is 1120. The zero-order valence-electron chi connectivity index (χ0n) is 18.3. The molecule has 0 unspecified atom stereocenters. The Kier molecular flexibility index (Phi) is 7.80. The lowest BCUT2D eigenvalue weighted by molar-refractivity contribution is -0.129. The van der Waals surface area contributed by atoms with E-state index in [1.807, 2.05) is 13.8 Å². The summed E-state index contributed by atoms with van der Waals surface area (Å²) in [6.07, 6.45) is -0.00593. The Labute approximate surface area is 197 Å². The van der Waals surface area contributed by atoms with E-state index in [1.165, 1.54) is 15.9 Å². The minimum atomic E-state index is -3.92. The number of hydrogen-bond donors (Lipinski definition) is 1. The normalized spacial score (nSPS) is 14.3. The zero-order valence-corrected chi connectivity index (χ0v) is 19.8. The smallest absolute Gasteiger partial charge is 0.255 e. The fourth-order valence-electron chi connectivity index (χ4n) is 3.34. The van der Waals surface area contributed by atoms with Crippen molar-refractivity contribution >= 4 is 39.1 Å². The number of benzene rings is 2. The molecule has 0 aliphatic carbocycles. The van der Waals surface area contributed by atoms with Crippen molar-refractivity contribution in [3.8, 4) is 5.75 Å². The van der Waals surface area contributed by atoms with Crippen LogP contribution in [-0.4, -0.2) is 68.1 Å². The highest BCUT2D eigenvalue weighted by atomic mass is 35.5. The van der Waals surface area contributed by atoms with Gasteiger partial charge in [0, 0.05) is 31.9 Å². The van der Waals surface area contributed by atoms with Gasteiger partial charge in [0.25, 0.3) is 5.91 Å². The van der Waals surface area contributed by atoms with Crippen molar-refractivity contribution in [3.05, 3.63) is 58.9 Å². The molecule has 2 amide bonds. The van der Waals surface area contributed by atoms with Gasteiger partial charge in [0.15, 0.2) is 0 Å². The molecule has 1 fully saturated rings. The summed E-state index contributed by atoms with van der Waals surface area (Å²) < 4.78 is 46.0. The lowest BCUT2D eigenvalue weighted by Gasteiger charge is -2.35. The number of amides is 2. The summed E-state index contributed by atoms with van der Waals surface area (Å²) in [5.41, 5.74) is 0.500. The van der Waals surface area contributed by atoms with Gasteiger partial charge in [0.2, 0.25) is 15.9 Å². The molecule has 0 radical (unpaired) electrons. The minimum absolute atomic E-state index is 0.00593. The SMILES string of the molecule is CC(C)Oc1ccc(NS(=O)(=O)CC(=O)N2CCN(C(=O)c3ccc(F)cc3Cl)CC2)cc1. The number of rotatable bonds is 7. The zero-order chi connectivity index (χ0) is 24.2. The van der Waals surface area contributed by atoms with Gasteiger partial charge >= 0.3 is 0 Å². The molecule has 2 aromatic rings. The Morgan fingerprint density at radius 2 is 1.67 bits per heavy atom. The number of nitrogens with zero attached hydrogens (tertiary/aromatic N) is 2. The Balaban J connectivity index is 1.53. The maximum Gasteiger partial charge on any atom is 0.255 e. The van der Waals surface area contributed by atoms with Gasteiger partial charge in [0.1, 0.15) is 17.3 Å². The lowest BCUT2D eigenvalue weighted by Crippen LogP contribution is -2.52. The van der Waals surface area contributed by atoms with Gasteiger partial charge in [0.05, 0.1) is 16.7 Å². The van der Waals surface area contributed by atoms with Crippen molar-refractivity contribution in [2.24, 2.45) is 0 Å². The maximum atomic E-state index is 13.2. The standard InChI is InChI=1S/C22H25ClFN3O5S/c1-15(2)32-18-6-4-17(5-7-18)25-33(30,31)14-21(28)26-9-11-27(12-10-26)22(29)19-8-3-16(24)13-20(19)23/h3-8,13,15,25H,9-12,14H2,1-2H3. The van der Waals surface area contributed by atoms with E-state index in [0.717, 1.165) is 12.1 Å². The van der Waals surface area contributed by atoms with Crippen LogP contribution in [0.2, 0.25) is 5.02 Å². The first-order valence-corrected chi connectivity index (χ1v) is 12.4. The van der Waals surface area contributed by atoms with Crippen LogP contribution >= 0.6 is 11.6 Å². The number of ether oxygens (including phenoxy) is 1. The summed E-state index contributed by atoms with van der Waals surface area (Å²) in [6, 6.07) is 9.94. The summed E-state index contributed by atoms with van der Waals surface area (Å²) in [6.45, 7) is 4.55. The molecule has 0 aromatic heterocycles. The largest absolute Gasteiger partial charge is 0.491 e. The topological polar surface area (TPSA) is 96.0 Å². The molecule has 3 rings (SSSR count). The van der Waals surface area contributed by atoms with E-state index in [9.17, 15) is 22.4 Å². The first kappa shape index (κ1) is 24.8. The molecule has 1 aliphatic rings. The highest BCUT2D eigenvalue weighted by molar-refractivity contribution is 7.93. The predicted molar refractivity (Wildman–Crippen MR) is 124 cm³/mol. The number of nitrogens with one attached hydrogen (secondary N) is 1. The van der Waals surface area contributed by atoms with E-state index in [0.29, 0.717) is 11.4 Å². The number of hydrogen-bond acceptors (Lipinski definition) is 5. The number of carbonyl (C=O) groups excluding carboxylic acids is 2. The van der Waals surface area contributed by atoms with Crippen LogP contribution in [0.15, 0.2) is 42.5 Å². The van der Waals surface area contributed by atoms with Crippen LogP contribution in [0.4, 0.5) is 10.1 Å². The molecule has 1 heterocycles. The molecule has 0 saturated carbocycles. The molecule has 0 spiro atoms. The second-order valence-corrected chi connectivity index (χ2v) is 9.98. The first-order valence-electron chi connectivity index (χ1n) is 10.3. The van der Waals surface area contributed by atoms with Gasteiger partial charge < -0.3 is 14.5 Å². The number of sulfonamides is 1. The highest BCUT2D eigenvalue weighted by Crippen LogP contribution is 2.21. The van der Waals surface area contributed by atoms with Gasteiger partial charge in [-0.05, 0) is 56.3 Å². The average Bonchev–Trinajstić information content (AvgIpc) is 2.74. The van der Waals surface area contributed by atoms with E-state index in [2.05, 4.69) is 4.72 Å². The van der Waals surface area contributed by atoms with Crippen LogP contribution in [0, 0.1) is 5.82 Å². The summed E-state index contributed by atoms with van der Waals surface area (Å²) >= 11 is 5.96. The van der Waals surface area contributed by atoms with Crippen molar-refractivity contribution < 1.29 is 27.1 Å². The van der Waals surface area contributed by atoms with E-state index >= 15 is 0 Å². The van der Waals surface area contributed by atoms with Crippen LogP contribution in [0.5, 0.6) is 5.75 Å². The molecule has 11 heteroatoms. The lowest BCUT2D eigenvalue weighted by atomic mass is 10.1. The molecule has 33 heavy (non-hydrogen) atoms. The van der Waals surface area contributed by atoms with Crippen LogP contribution in [0.3, 0.4) is 0 Å². The van der Waals surface area contributed by atoms with Crippen molar-refractivity contribution in [1.82, 2.24) is 9.80 Å². The number of carbonyl (C=O) groups is 2. The quantitative estimate of drug-likeness (QED) is 0.634. The molecule has 1 saturated heterocycles.